The Bertz CT molecular complexity index is 592. The van der Waals surface area contributed by atoms with Gasteiger partial charge in [0.1, 0.15) is 5.82 Å². The molecule has 0 aliphatic rings. The number of aromatic nitrogens is 2. The van der Waals surface area contributed by atoms with E-state index in [1.54, 1.807) is 36.5 Å². The van der Waals surface area contributed by atoms with Crippen molar-refractivity contribution in [2.24, 2.45) is 0 Å². The highest BCUT2D eigenvalue weighted by atomic mass is 16.2. The van der Waals surface area contributed by atoms with Gasteiger partial charge < -0.3 is 20.5 Å². The topological polar surface area (TPSA) is 78.2 Å². The second kappa shape index (κ2) is 5.64. The van der Waals surface area contributed by atoms with Crippen molar-refractivity contribution in [2.75, 3.05) is 31.8 Å². The van der Waals surface area contributed by atoms with Crippen LogP contribution in [0.1, 0.15) is 16.2 Å². The van der Waals surface area contributed by atoms with Crippen LogP contribution in [0.15, 0.2) is 30.6 Å². The van der Waals surface area contributed by atoms with E-state index >= 15 is 0 Å². The first-order valence-electron chi connectivity index (χ1n) is 6.29. The molecule has 0 saturated heterocycles. The predicted octanol–water partition coefficient (Wildman–Crippen LogP) is 1.33. The summed E-state index contributed by atoms with van der Waals surface area (Å²) in [5.41, 5.74) is 7.80. The number of anilines is 2. The molecule has 0 bridgehead atoms. The van der Waals surface area contributed by atoms with E-state index in [1.165, 1.54) is 0 Å². The number of nitrogen functional groups attached to an aromatic ring is 1. The standard InChI is InChI=1S/C14H19N5O/c1-18(2)12-5-4-10(15)8-11(12)14(20)19(3)9-13-16-6-7-17-13/h4-8H,9,15H2,1-3H3,(H,16,17). The van der Waals surface area contributed by atoms with Crippen LogP contribution in [0.5, 0.6) is 0 Å². The van der Waals surface area contributed by atoms with Crippen molar-refractivity contribution in [1.82, 2.24) is 14.9 Å². The second-order valence-electron chi connectivity index (χ2n) is 4.87. The van der Waals surface area contributed by atoms with Gasteiger partial charge in [0, 0.05) is 44.9 Å². The summed E-state index contributed by atoms with van der Waals surface area (Å²) in [6, 6.07) is 5.35. The van der Waals surface area contributed by atoms with Gasteiger partial charge in [0.15, 0.2) is 0 Å². The normalized spacial score (nSPS) is 10.3. The van der Waals surface area contributed by atoms with Crippen molar-refractivity contribution < 1.29 is 4.79 Å². The van der Waals surface area contributed by atoms with Crippen molar-refractivity contribution in [2.45, 2.75) is 6.54 Å². The number of aromatic amines is 1. The van der Waals surface area contributed by atoms with Crippen LogP contribution < -0.4 is 10.6 Å². The maximum atomic E-state index is 12.6. The zero-order valence-electron chi connectivity index (χ0n) is 11.9. The number of nitrogens with two attached hydrogens (primary N) is 1. The molecule has 1 aromatic carbocycles. The van der Waals surface area contributed by atoms with Gasteiger partial charge in [-0.15, -0.1) is 0 Å². The number of nitrogens with one attached hydrogen (secondary N) is 1. The summed E-state index contributed by atoms with van der Waals surface area (Å²) in [7, 11) is 5.54. The molecule has 0 aliphatic carbocycles. The molecule has 6 nitrogen and oxygen atoms in total. The third-order valence-corrected chi connectivity index (χ3v) is 3.02. The SMILES string of the molecule is CN(Cc1ncc[nH]1)C(=O)c1cc(N)ccc1N(C)C. The van der Waals surface area contributed by atoms with E-state index in [0.29, 0.717) is 17.8 Å². The van der Waals surface area contributed by atoms with Crippen LogP contribution in [0.2, 0.25) is 0 Å². The van der Waals surface area contributed by atoms with Gasteiger partial charge in [-0.3, -0.25) is 4.79 Å². The Morgan fingerprint density at radius 2 is 2.10 bits per heavy atom. The lowest BCUT2D eigenvalue weighted by Crippen LogP contribution is -2.28. The maximum absolute atomic E-state index is 12.6. The number of hydrogen-bond acceptors (Lipinski definition) is 4. The number of amides is 1. The molecule has 2 aromatic rings. The van der Waals surface area contributed by atoms with Crippen LogP contribution in [0, 0.1) is 0 Å². The first-order chi connectivity index (χ1) is 9.49. The molecule has 0 atom stereocenters. The number of hydrogen-bond donors (Lipinski definition) is 2. The largest absolute Gasteiger partial charge is 0.399 e. The fraction of sp³-hybridized carbons (Fsp3) is 0.286. The number of nitrogens with zero attached hydrogens (tertiary/aromatic N) is 3. The first kappa shape index (κ1) is 13.9. The monoisotopic (exact) mass is 273 g/mol. The number of H-pyrrole nitrogens is 1. The third-order valence-electron chi connectivity index (χ3n) is 3.02. The molecule has 2 rings (SSSR count). The van der Waals surface area contributed by atoms with Crippen molar-refractivity contribution in [3.05, 3.63) is 42.0 Å². The molecule has 0 unspecified atom stereocenters. The Kier molecular flexibility index (Phi) is 3.93. The van der Waals surface area contributed by atoms with Gasteiger partial charge in [-0.25, -0.2) is 4.98 Å². The molecule has 1 amide bonds. The highest BCUT2D eigenvalue weighted by Gasteiger charge is 2.18. The zero-order chi connectivity index (χ0) is 14.7. The van der Waals surface area contributed by atoms with Gasteiger partial charge >= 0.3 is 0 Å². The van der Waals surface area contributed by atoms with Gasteiger partial charge in [-0.2, -0.15) is 0 Å². The maximum Gasteiger partial charge on any atom is 0.256 e. The molecule has 0 saturated carbocycles. The quantitative estimate of drug-likeness (QED) is 0.824. The minimum absolute atomic E-state index is 0.0857. The van der Waals surface area contributed by atoms with E-state index in [0.717, 1.165) is 11.5 Å². The number of carbonyl (C=O) groups excluding carboxylic acids is 1. The Balaban J connectivity index is 2.25. The van der Waals surface area contributed by atoms with Crippen LogP contribution in [0.3, 0.4) is 0 Å². The van der Waals surface area contributed by atoms with E-state index in [1.807, 2.05) is 25.1 Å². The average Bonchev–Trinajstić information content (AvgIpc) is 2.90. The lowest BCUT2D eigenvalue weighted by molar-refractivity contribution is 0.0782. The van der Waals surface area contributed by atoms with Crippen LogP contribution in [0.25, 0.3) is 0 Å². The summed E-state index contributed by atoms with van der Waals surface area (Å²) in [5, 5.41) is 0. The molecule has 3 N–H and O–H groups in total. The van der Waals surface area contributed by atoms with E-state index in [2.05, 4.69) is 9.97 Å². The Morgan fingerprint density at radius 1 is 1.35 bits per heavy atom. The fourth-order valence-corrected chi connectivity index (χ4v) is 2.00. The Labute approximate surface area is 118 Å². The van der Waals surface area contributed by atoms with E-state index in [9.17, 15) is 4.79 Å². The molecule has 106 valence electrons. The van der Waals surface area contributed by atoms with Gasteiger partial charge in [-0.1, -0.05) is 0 Å². The molecule has 0 fully saturated rings. The second-order valence-corrected chi connectivity index (χ2v) is 4.87. The summed E-state index contributed by atoms with van der Waals surface area (Å²) < 4.78 is 0. The average molecular weight is 273 g/mol. The lowest BCUT2D eigenvalue weighted by atomic mass is 10.1. The van der Waals surface area contributed by atoms with Gasteiger partial charge in [0.2, 0.25) is 0 Å². The molecule has 1 heterocycles. The van der Waals surface area contributed by atoms with E-state index in [4.69, 9.17) is 5.73 Å². The van der Waals surface area contributed by atoms with Crippen LogP contribution in [-0.2, 0) is 6.54 Å². The molecule has 6 heteroatoms. The fourth-order valence-electron chi connectivity index (χ4n) is 2.00. The predicted molar refractivity (Wildman–Crippen MR) is 79.6 cm³/mol. The van der Waals surface area contributed by atoms with Crippen LogP contribution in [-0.4, -0.2) is 41.9 Å². The smallest absolute Gasteiger partial charge is 0.256 e. The molecule has 0 aliphatic heterocycles. The van der Waals surface area contributed by atoms with Crippen LogP contribution in [0.4, 0.5) is 11.4 Å². The third kappa shape index (κ3) is 2.90. The first-order valence-corrected chi connectivity index (χ1v) is 6.29. The highest BCUT2D eigenvalue weighted by Crippen LogP contribution is 2.23. The summed E-state index contributed by atoms with van der Waals surface area (Å²) in [4.78, 5) is 23.2. The number of benzene rings is 1. The Morgan fingerprint density at radius 3 is 2.70 bits per heavy atom. The number of rotatable bonds is 4. The summed E-state index contributed by atoms with van der Waals surface area (Å²) in [6.07, 6.45) is 3.40. The molecule has 20 heavy (non-hydrogen) atoms. The number of imidazole rings is 1. The van der Waals surface area contributed by atoms with Crippen molar-refractivity contribution >= 4 is 17.3 Å². The number of carbonyl (C=O) groups is 1. The van der Waals surface area contributed by atoms with E-state index in [-0.39, 0.29) is 5.91 Å². The molecule has 0 radical (unpaired) electrons. The van der Waals surface area contributed by atoms with Crippen LogP contribution >= 0.6 is 0 Å². The molecular formula is C14H19N5O. The summed E-state index contributed by atoms with van der Waals surface area (Å²) in [6.45, 7) is 0.424. The van der Waals surface area contributed by atoms with Crippen molar-refractivity contribution in [3.63, 3.8) is 0 Å². The summed E-state index contributed by atoms with van der Waals surface area (Å²) >= 11 is 0. The Hall–Kier alpha value is -2.50. The molecule has 0 spiro atoms. The van der Waals surface area contributed by atoms with Gasteiger partial charge in [-0.05, 0) is 18.2 Å². The van der Waals surface area contributed by atoms with E-state index < -0.39 is 0 Å². The molecular weight excluding hydrogens is 254 g/mol. The van der Waals surface area contributed by atoms with Crippen molar-refractivity contribution in [3.8, 4) is 0 Å². The van der Waals surface area contributed by atoms with Gasteiger partial charge in [0.25, 0.3) is 5.91 Å². The van der Waals surface area contributed by atoms with Crippen molar-refractivity contribution in [1.29, 1.82) is 0 Å². The zero-order valence-corrected chi connectivity index (χ0v) is 11.9. The molecule has 1 aromatic heterocycles. The lowest BCUT2D eigenvalue weighted by Gasteiger charge is -2.21. The minimum atomic E-state index is -0.0857. The van der Waals surface area contributed by atoms with Gasteiger partial charge in [0.05, 0.1) is 12.1 Å². The minimum Gasteiger partial charge on any atom is -0.399 e. The summed E-state index contributed by atoms with van der Waals surface area (Å²) in [5.74, 6) is 0.661. The highest BCUT2D eigenvalue weighted by molar-refractivity contribution is 6.00.